The van der Waals surface area contributed by atoms with Gasteiger partial charge in [0.05, 0.1) is 0 Å². The Labute approximate surface area is 122 Å². The van der Waals surface area contributed by atoms with Gasteiger partial charge in [0.15, 0.2) is 0 Å². The molecule has 1 unspecified atom stereocenters. The fourth-order valence-corrected chi connectivity index (χ4v) is 2.42. The van der Waals surface area contributed by atoms with Gasteiger partial charge in [-0.1, -0.05) is 29.8 Å². The van der Waals surface area contributed by atoms with Crippen molar-refractivity contribution in [3.63, 3.8) is 0 Å². The monoisotopic (exact) mass is 295 g/mol. The first-order valence-electron chi connectivity index (χ1n) is 6.39. The Balaban J connectivity index is 2.34. The standard InChI is InChI=1S/C16H16ClF2N/c1-10-4-3-5-13(16(10)19)15(20-2)9-11-8-12(17)6-7-14(11)18/h3-8,15,20H,9H2,1-2H3. The number of likely N-dealkylation sites (N-methyl/N-ethyl adjacent to an activating group) is 1. The molecule has 2 aromatic rings. The van der Waals surface area contributed by atoms with E-state index in [1.54, 1.807) is 38.2 Å². The molecule has 2 aromatic carbocycles. The molecule has 0 aromatic heterocycles. The summed E-state index contributed by atoms with van der Waals surface area (Å²) in [6.07, 6.45) is 0.337. The highest BCUT2D eigenvalue weighted by atomic mass is 35.5. The number of hydrogen-bond acceptors (Lipinski definition) is 1. The number of benzene rings is 2. The molecule has 106 valence electrons. The summed E-state index contributed by atoms with van der Waals surface area (Å²) in [6, 6.07) is 9.33. The second-order valence-electron chi connectivity index (χ2n) is 4.76. The molecule has 2 rings (SSSR count). The summed E-state index contributed by atoms with van der Waals surface area (Å²) in [7, 11) is 1.73. The molecule has 4 heteroatoms. The summed E-state index contributed by atoms with van der Waals surface area (Å²) in [5.74, 6) is -0.586. The maximum atomic E-state index is 14.2. The molecule has 0 amide bonds. The van der Waals surface area contributed by atoms with E-state index in [0.29, 0.717) is 28.1 Å². The van der Waals surface area contributed by atoms with Crippen LogP contribution in [0.3, 0.4) is 0 Å². The van der Waals surface area contributed by atoms with E-state index < -0.39 is 0 Å². The predicted octanol–water partition coefficient (Wildman–Crippen LogP) is 4.43. The van der Waals surface area contributed by atoms with Crippen LogP contribution in [0.15, 0.2) is 36.4 Å². The molecule has 0 aliphatic rings. The van der Waals surface area contributed by atoms with Crippen LogP contribution in [0.2, 0.25) is 5.02 Å². The second-order valence-corrected chi connectivity index (χ2v) is 5.20. The lowest BCUT2D eigenvalue weighted by Gasteiger charge is -2.19. The Morgan fingerprint density at radius 1 is 1.20 bits per heavy atom. The number of rotatable bonds is 4. The van der Waals surface area contributed by atoms with E-state index in [-0.39, 0.29) is 17.7 Å². The minimum Gasteiger partial charge on any atom is -0.313 e. The molecule has 0 saturated carbocycles. The number of hydrogen-bond donors (Lipinski definition) is 1. The van der Waals surface area contributed by atoms with Crippen molar-refractivity contribution in [2.75, 3.05) is 7.05 Å². The van der Waals surface area contributed by atoms with Crippen molar-refractivity contribution in [1.29, 1.82) is 0 Å². The summed E-state index contributed by atoms with van der Waals surface area (Å²) in [5, 5.41) is 3.50. The zero-order valence-electron chi connectivity index (χ0n) is 11.4. The lowest BCUT2D eigenvalue weighted by molar-refractivity contribution is 0.516. The first-order chi connectivity index (χ1) is 9.52. The van der Waals surface area contributed by atoms with Crippen LogP contribution in [0.4, 0.5) is 8.78 Å². The average Bonchev–Trinajstić information content (AvgIpc) is 2.43. The molecule has 20 heavy (non-hydrogen) atoms. The fraction of sp³-hybridized carbons (Fsp3) is 0.250. The maximum absolute atomic E-state index is 14.2. The molecule has 0 aliphatic heterocycles. The minimum absolute atomic E-state index is 0.255. The molecular weight excluding hydrogens is 280 g/mol. The van der Waals surface area contributed by atoms with E-state index in [1.165, 1.54) is 12.1 Å². The lowest BCUT2D eigenvalue weighted by Crippen LogP contribution is -2.21. The zero-order chi connectivity index (χ0) is 14.7. The van der Waals surface area contributed by atoms with Crippen molar-refractivity contribution in [3.05, 3.63) is 69.7 Å². The minimum atomic E-state index is -0.331. The highest BCUT2D eigenvalue weighted by Crippen LogP contribution is 2.25. The van der Waals surface area contributed by atoms with Gasteiger partial charge in [0.2, 0.25) is 0 Å². The van der Waals surface area contributed by atoms with Crippen molar-refractivity contribution in [1.82, 2.24) is 5.32 Å². The molecule has 1 N–H and O–H groups in total. The van der Waals surface area contributed by atoms with Gasteiger partial charge in [0, 0.05) is 16.6 Å². The van der Waals surface area contributed by atoms with Crippen LogP contribution in [0, 0.1) is 18.6 Å². The lowest BCUT2D eigenvalue weighted by atomic mass is 9.97. The van der Waals surface area contributed by atoms with Crippen molar-refractivity contribution in [3.8, 4) is 0 Å². The van der Waals surface area contributed by atoms with Crippen molar-refractivity contribution >= 4 is 11.6 Å². The quantitative estimate of drug-likeness (QED) is 0.880. The number of halogens is 3. The number of nitrogens with one attached hydrogen (secondary N) is 1. The summed E-state index contributed by atoms with van der Waals surface area (Å²) in [6.45, 7) is 1.71. The van der Waals surface area contributed by atoms with Crippen LogP contribution in [-0.2, 0) is 6.42 Å². The van der Waals surface area contributed by atoms with Crippen LogP contribution in [-0.4, -0.2) is 7.05 Å². The van der Waals surface area contributed by atoms with Gasteiger partial charge in [-0.2, -0.15) is 0 Å². The van der Waals surface area contributed by atoms with Crippen molar-refractivity contribution < 1.29 is 8.78 Å². The van der Waals surface area contributed by atoms with Gasteiger partial charge in [-0.15, -0.1) is 0 Å². The van der Waals surface area contributed by atoms with Gasteiger partial charge >= 0.3 is 0 Å². The Bertz CT molecular complexity index is 613. The van der Waals surface area contributed by atoms with E-state index in [1.807, 2.05) is 0 Å². The molecule has 1 atom stereocenters. The van der Waals surface area contributed by atoms with Crippen LogP contribution < -0.4 is 5.32 Å². The SMILES string of the molecule is CNC(Cc1cc(Cl)ccc1F)c1cccc(C)c1F. The molecule has 0 radical (unpaired) electrons. The Hall–Kier alpha value is -1.45. The van der Waals surface area contributed by atoms with Crippen LogP contribution in [0.5, 0.6) is 0 Å². The summed E-state index contributed by atoms with van der Waals surface area (Å²) in [5.41, 5.74) is 1.58. The van der Waals surface area contributed by atoms with E-state index in [0.717, 1.165) is 0 Å². The summed E-state index contributed by atoms with van der Waals surface area (Å²) >= 11 is 5.88. The normalized spacial score (nSPS) is 12.4. The summed E-state index contributed by atoms with van der Waals surface area (Å²) in [4.78, 5) is 0. The predicted molar refractivity (Wildman–Crippen MR) is 78.1 cm³/mol. The van der Waals surface area contributed by atoms with Gasteiger partial charge < -0.3 is 5.32 Å². The van der Waals surface area contributed by atoms with Crippen molar-refractivity contribution in [2.24, 2.45) is 0 Å². The van der Waals surface area contributed by atoms with E-state index in [2.05, 4.69) is 5.32 Å². The van der Waals surface area contributed by atoms with E-state index >= 15 is 0 Å². The van der Waals surface area contributed by atoms with Gasteiger partial charge in [0.25, 0.3) is 0 Å². The highest BCUT2D eigenvalue weighted by Gasteiger charge is 2.17. The molecular formula is C16H16ClF2N. The zero-order valence-corrected chi connectivity index (χ0v) is 12.1. The third-order valence-electron chi connectivity index (χ3n) is 3.38. The average molecular weight is 296 g/mol. The fourth-order valence-electron chi connectivity index (χ4n) is 2.23. The van der Waals surface area contributed by atoms with Crippen molar-refractivity contribution in [2.45, 2.75) is 19.4 Å². The number of aryl methyl sites for hydroxylation is 1. The highest BCUT2D eigenvalue weighted by molar-refractivity contribution is 6.30. The van der Waals surface area contributed by atoms with E-state index in [9.17, 15) is 8.78 Å². The van der Waals surface area contributed by atoms with Crippen LogP contribution in [0.1, 0.15) is 22.7 Å². The van der Waals surface area contributed by atoms with E-state index in [4.69, 9.17) is 11.6 Å². The van der Waals surface area contributed by atoms with Gasteiger partial charge in [0.1, 0.15) is 11.6 Å². The summed E-state index contributed by atoms with van der Waals surface area (Å²) < 4.78 is 27.9. The Kier molecular flexibility index (Phi) is 4.73. The molecule has 0 bridgehead atoms. The van der Waals surface area contributed by atoms with Gasteiger partial charge in [-0.3, -0.25) is 0 Å². The smallest absolute Gasteiger partial charge is 0.130 e. The topological polar surface area (TPSA) is 12.0 Å². The Morgan fingerprint density at radius 2 is 1.95 bits per heavy atom. The van der Waals surface area contributed by atoms with Crippen LogP contribution >= 0.6 is 11.6 Å². The third kappa shape index (κ3) is 3.17. The molecule has 0 aliphatic carbocycles. The molecule has 0 saturated heterocycles. The third-order valence-corrected chi connectivity index (χ3v) is 3.61. The second kappa shape index (κ2) is 6.33. The van der Waals surface area contributed by atoms with Crippen LogP contribution in [0.25, 0.3) is 0 Å². The molecule has 0 fully saturated rings. The first kappa shape index (κ1) is 14.9. The Morgan fingerprint density at radius 3 is 2.65 bits per heavy atom. The maximum Gasteiger partial charge on any atom is 0.130 e. The largest absolute Gasteiger partial charge is 0.313 e. The molecule has 0 spiro atoms. The van der Waals surface area contributed by atoms with Gasteiger partial charge in [-0.25, -0.2) is 8.78 Å². The molecule has 1 nitrogen and oxygen atoms in total. The molecule has 0 heterocycles. The van der Waals surface area contributed by atoms with Gasteiger partial charge in [-0.05, 0) is 49.7 Å². The first-order valence-corrected chi connectivity index (χ1v) is 6.77.